The molecule has 0 aliphatic carbocycles. The molecule has 0 aromatic rings. The van der Waals surface area contributed by atoms with Crippen LogP contribution in [0.15, 0.2) is 5.11 Å². The average molecular weight is 337 g/mol. The van der Waals surface area contributed by atoms with Crippen LogP contribution in [0.4, 0.5) is 0 Å². The first kappa shape index (κ1) is 8.77. The van der Waals surface area contributed by atoms with Crippen molar-refractivity contribution in [1.82, 2.24) is 0 Å². The third kappa shape index (κ3) is 4.92. The molecule has 1 unspecified atom stereocenters. The Morgan fingerprint density at radius 2 is 2.38 bits per heavy atom. The van der Waals surface area contributed by atoms with Crippen molar-refractivity contribution in [3.8, 4) is 0 Å². The molecular formula is C3H5I2N3. The van der Waals surface area contributed by atoms with E-state index in [4.69, 9.17) is 5.53 Å². The van der Waals surface area contributed by atoms with Gasteiger partial charge in [-0.1, -0.05) is 50.3 Å². The van der Waals surface area contributed by atoms with E-state index in [0.29, 0.717) is 0 Å². The number of hydrogen-bond donors (Lipinski definition) is 0. The Morgan fingerprint density at radius 3 is 2.75 bits per heavy atom. The van der Waals surface area contributed by atoms with Gasteiger partial charge in [-0.3, -0.25) is 0 Å². The maximum atomic E-state index is 7.91. The molecule has 0 aromatic carbocycles. The summed E-state index contributed by atoms with van der Waals surface area (Å²) in [5.74, 6) is 0. The van der Waals surface area contributed by atoms with Crippen LogP contribution in [-0.2, 0) is 0 Å². The Bertz CT molecular complexity index is 98.7. The Hall–Kier alpha value is 0.770. The van der Waals surface area contributed by atoms with Crippen molar-refractivity contribution in [2.45, 2.75) is 10.5 Å². The second-order valence-corrected chi connectivity index (χ2v) is 3.63. The molecule has 0 saturated heterocycles. The van der Waals surface area contributed by atoms with Gasteiger partial charge in [0, 0.05) is 9.34 Å². The van der Waals surface area contributed by atoms with Crippen LogP contribution in [0.3, 0.4) is 0 Å². The molecule has 0 bridgehead atoms. The second-order valence-electron chi connectivity index (χ2n) is 1.12. The molecule has 46 valence electrons. The predicted octanol–water partition coefficient (Wildman–Crippen LogP) is 2.88. The summed E-state index contributed by atoms with van der Waals surface area (Å²) in [5, 5.41) is 3.48. The summed E-state index contributed by atoms with van der Waals surface area (Å²) in [7, 11) is 0. The molecule has 5 heteroatoms. The first-order chi connectivity index (χ1) is 3.81. The summed E-state index contributed by atoms with van der Waals surface area (Å²) in [6.07, 6.45) is 0.963. The van der Waals surface area contributed by atoms with Gasteiger partial charge in [0.05, 0.1) is 4.05 Å². The van der Waals surface area contributed by atoms with E-state index in [1.54, 1.807) is 0 Å². The fourth-order valence-corrected chi connectivity index (χ4v) is 2.41. The number of rotatable bonds is 3. The van der Waals surface area contributed by atoms with Crippen LogP contribution in [0.1, 0.15) is 6.42 Å². The summed E-state index contributed by atoms with van der Waals surface area (Å²) >= 11 is 4.37. The average Bonchev–Trinajstić information content (AvgIpc) is 1.68. The van der Waals surface area contributed by atoms with Crippen molar-refractivity contribution in [2.75, 3.05) is 4.43 Å². The number of nitrogens with zero attached hydrogens (tertiary/aromatic N) is 3. The van der Waals surface area contributed by atoms with E-state index in [2.05, 4.69) is 55.2 Å². The number of halogens is 2. The molecular weight excluding hydrogens is 332 g/mol. The molecule has 0 fully saturated rings. The lowest BCUT2D eigenvalue weighted by atomic mass is 10.5. The normalized spacial score (nSPS) is 12.2. The predicted molar refractivity (Wildman–Crippen MR) is 50.5 cm³/mol. The van der Waals surface area contributed by atoms with Crippen molar-refractivity contribution < 1.29 is 0 Å². The van der Waals surface area contributed by atoms with E-state index in [1.165, 1.54) is 0 Å². The van der Waals surface area contributed by atoms with E-state index in [1.807, 2.05) is 0 Å². The Labute approximate surface area is 75.1 Å². The van der Waals surface area contributed by atoms with Gasteiger partial charge >= 0.3 is 0 Å². The molecule has 0 N–H and O–H groups in total. The fraction of sp³-hybridized carbons (Fsp3) is 1.00. The smallest absolute Gasteiger partial charge is 0.0863 e. The zero-order chi connectivity index (χ0) is 6.41. The molecule has 0 radical (unpaired) electrons. The largest absolute Gasteiger partial charge is 0.0902 e. The van der Waals surface area contributed by atoms with Crippen LogP contribution in [0, 0.1) is 0 Å². The van der Waals surface area contributed by atoms with Crippen LogP contribution in [0.25, 0.3) is 10.4 Å². The first-order valence-electron chi connectivity index (χ1n) is 2.05. The topological polar surface area (TPSA) is 48.8 Å². The summed E-state index contributed by atoms with van der Waals surface area (Å²) in [6.45, 7) is 0. The van der Waals surface area contributed by atoms with Gasteiger partial charge in [0.1, 0.15) is 0 Å². The Morgan fingerprint density at radius 1 is 1.75 bits per heavy atom. The van der Waals surface area contributed by atoms with Crippen LogP contribution >= 0.6 is 45.2 Å². The van der Waals surface area contributed by atoms with Gasteiger partial charge in [0.2, 0.25) is 0 Å². The molecule has 0 amide bonds. The third-order valence-electron chi connectivity index (χ3n) is 0.524. The minimum atomic E-state index is 0.134. The molecule has 0 saturated carbocycles. The van der Waals surface area contributed by atoms with E-state index in [9.17, 15) is 0 Å². The minimum Gasteiger partial charge on any atom is -0.0863 e. The molecule has 1 atom stereocenters. The second kappa shape index (κ2) is 5.90. The lowest BCUT2D eigenvalue weighted by molar-refractivity contribution is 0.910. The van der Waals surface area contributed by atoms with E-state index in [-0.39, 0.29) is 4.05 Å². The molecule has 0 spiro atoms. The summed E-state index contributed by atoms with van der Waals surface area (Å²) < 4.78 is 1.18. The van der Waals surface area contributed by atoms with Gasteiger partial charge in [-0.05, 0) is 12.0 Å². The number of azide groups is 1. The Kier molecular flexibility index (Phi) is 6.47. The van der Waals surface area contributed by atoms with E-state index < -0.39 is 0 Å². The van der Waals surface area contributed by atoms with Gasteiger partial charge in [0.15, 0.2) is 0 Å². The van der Waals surface area contributed by atoms with Crippen LogP contribution < -0.4 is 0 Å². The third-order valence-corrected chi connectivity index (χ3v) is 2.02. The van der Waals surface area contributed by atoms with Crippen LogP contribution in [0.5, 0.6) is 0 Å². The van der Waals surface area contributed by atoms with Gasteiger partial charge in [-0.25, -0.2) is 0 Å². The lowest BCUT2D eigenvalue weighted by Crippen LogP contribution is -1.89. The molecule has 0 heterocycles. The zero-order valence-electron chi connectivity index (χ0n) is 4.09. The highest BCUT2D eigenvalue weighted by Gasteiger charge is 1.95. The zero-order valence-corrected chi connectivity index (χ0v) is 8.40. The van der Waals surface area contributed by atoms with Crippen molar-refractivity contribution in [1.29, 1.82) is 0 Å². The van der Waals surface area contributed by atoms with E-state index >= 15 is 0 Å². The molecule has 0 aliphatic heterocycles. The van der Waals surface area contributed by atoms with Crippen molar-refractivity contribution in [3.05, 3.63) is 10.4 Å². The fourth-order valence-electron chi connectivity index (χ4n) is 0.204. The van der Waals surface area contributed by atoms with Crippen molar-refractivity contribution >= 4 is 45.2 Å². The highest BCUT2D eigenvalue weighted by molar-refractivity contribution is 14.1. The quantitative estimate of drug-likeness (QED) is 0.190. The Balaban J connectivity index is 3.31. The van der Waals surface area contributed by atoms with Gasteiger partial charge in [-0.2, -0.15) is 0 Å². The van der Waals surface area contributed by atoms with E-state index in [0.717, 1.165) is 10.8 Å². The molecule has 0 rings (SSSR count). The van der Waals surface area contributed by atoms with Crippen LogP contribution in [0.2, 0.25) is 0 Å². The van der Waals surface area contributed by atoms with Crippen molar-refractivity contribution in [2.24, 2.45) is 5.11 Å². The van der Waals surface area contributed by atoms with Gasteiger partial charge in [0.25, 0.3) is 0 Å². The number of alkyl halides is 2. The summed E-state index contributed by atoms with van der Waals surface area (Å²) in [6, 6.07) is 0. The number of hydrogen-bond acceptors (Lipinski definition) is 1. The maximum absolute atomic E-state index is 7.91. The first-order valence-corrected chi connectivity index (χ1v) is 4.82. The molecule has 0 aliphatic rings. The molecule has 3 nitrogen and oxygen atoms in total. The van der Waals surface area contributed by atoms with Crippen molar-refractivity contribution in [3.63, 3.8) is 0 Å². The SMILES string of the molecule is [N-]=[N+]=NC(I)CCI. The van der Waals surface area contributed by atoms with Gasteiger partial charge < -0.3 is 0 Å². The maximum Gasteiger partial charge on any atom is 0.0902 e. The highest BCUT2D eigenvalue weighted by Crippen LogP contribution is 2.08. The highest BCUT2D eigenvalue weighted by atomic mass is 127. The van der Waals surface area contributed by atoms with Crippen LogP contribution in [-0.4, -0.2) is 8.48 Å². The molecule has 0 aromatic heterocycles. The summed E-state index contributed by atoms with van der Waals surface area (Å²) in [4.78, 5) is 2.67. The monoisotopic (exact) mass is 337 g/mol. The minimum absolute atomic E-state index is 0.134. The lowest BCUT2D eigenvalue weighted by Gasteiger charge is -1.93. The summed E-state index contributed by atoms with van der Waals surface area (Å²) in [5.41, 5.74) is 7.91. The standard InChI is InChI=1S/C3H5I2N3/c4-2-1-3(5)7-8-6/h3H,1-2H2. The molecule has 8 heavy (non-hydrogen) atoms. The van der Waals surface area contributed by atoms with Gasteiger partial charge in [-0.15, -0.1) is 0 Å².